The number of amides is 3. The molecule has 4 aromatic rings. The lowest BCUT2D eigenvalue weighted by Crippen LogP contribution is -2.54. The molecule has 2 heterocycles. The highest BCUT2D eigenvalue weighted by atomic mass is 16.6. The SMILES string of the molecule is CCOC(=O)[C@H](CC#Cc1ccc2c(c1)CN1CN2Cc2cc(C#Cc3ccc(C[C@H](NC(=O)OCc4ccccc4)C(=O)N[C@H](C(=O)OC)C(C)C)cc3)ccc21)NC(=O)OC(C)(C)C. The molecule has 0 saturated carbocycles. The summed E-state index contributed by atoms with van der Waals surface area (Å²) in [6.45, 7) is 12.9. The number of hydrogen-bond donors (Lipinski definition) is 3. The molecule has 3 N–H and O–H groups in total. The molecule has 14 nitrogen and oxygen atoms in total. The summed E-state index contributed by atoms with van der Waals surface area (Å²) in [7, 11) is 1.26. The Morgan fingerprint density at radius 2 is 1.27 bits per heavy atom. The number of rotatable bonds is 13. The Morgan fingerprint density at radius 1 is 0.682 bits per heavy atom. The average molecular weight is 896 g/mol. The highest BCUT2D eigenvalue weighted by Gasteiger charge is 2.31. The maximum atomic E-state index is 13.6. The highest BCUT2D eigenvalue weighted by Crippen LogP contribution is 2.38. The number of methoxy groups -OCH3 is 1. The van der Waals surface area contributed by atoms with Gasteiger partial charge in [-0.15, -0.1) is 0 Å². The van der Waals surface area contributed by atoms with E-state index in [1.807, 2.05) is 66.7 Å². The van der Waals surface area contributed by atoms with Crippen molar-refractivity contribution in [2.75, 3.05) is 30.2 Å². The first kappa shape index (κ1) is 48.0. The van der Waals surface area contributed by atoms with Gasteiger partial charge in [-0.1, -0.05) is 80.0 Å². The van der Waals surface area contributed by atoms with Crippen LogP contribution in [0.5, 0.6) is 0 Å². The van der Waals surface area contributed by atoms with Gasteiger partial charge in [0.25, 0.3) is 0 Å². The predicted octanol–water partition coefficient (Wildman–Crippen LogP) is 6.73. The number of anilines is 2. The molecule has 0 fully saturated rings. The van der Waals surface area contributed by atoms with E-state index < -0.39 is 53.8 Å². The zero-order chi connectivity index (χ0) is 47.4. The Balaban J connectivity index is 1.10. The third-order valence-corrected chi connectivity index (χ3v) is 10.7. The first-order valence-corrected chi connectivity index (χ1v) is 22.0. The molecule has 2 aliphatic heterocycles. The van der Waals surface area contributed by atoms with Gasteiger partial charge in [0, 0.05) is 54.0 Å². The van der Waals surface area contributed by atoms with Crippen LogP contribution in [0.1, 0.15) is 86.9 Å². The molecule has 4 aromatic carbocycles. The number of hydrogen-bond acceptors (Lipinski definition) is 11. The maximum absolute atomic E-state index is 13.6. The largest absolute Gasteiger partial charge is 0.467 e. The van der Waals surface area contributed by atoms with Crippen LogP contribution in [0.15, 0.2) is 91.0 Å². The van der Waals surface area contributed by atoms with E-state index in [9.17, 15) is 24.0 Å². The predicted molar refractivity (Wildman–Crippen MR) is 250 cm³/mol. The molecule has 0 spiro atoms. The van der Waals surface area contributed by atoms with E-state index in [0.717, 1.165) is 57.0 Å². The van der Waals surface area contributed by atoms with E-state index >= 15 is 0 Å². The van der Waals surface area contributed by atoms with Crippen molar-refractivity contribution in [2.24, 2.45) is 5.92 Å². The van der Waals surface area contributed by atoms with Gasteiger partial charge in [0.2, 0.25) is 5.91 Å². The fourth-order valence-corrected chi connectivity index (χ4v) is 7.48. The number of ether oxygens (including phenoxy) is 4. The summed E-state index contributed by atoms with van der Waals surface area (Å²) < 4.78 is 20.8. The van der Waals surface area contributed by atoms with Gasteiger partial charge in [0.15, 0.2) is 0 Å². The summed E-state index contributed by atoms with van der Waals surface area (Å²) in [5.41, 5.74) is 7.83. The van der Waals surface area contributed by atoms with E-state index in [4.69, 9.17) is 18.9 Å². The Labute approximate surface area is 386 Å². The van der Waals surface area contributed by atoms with Gasteiger partial charge in [-0.25, -0.2) is 19.2 Å². The van der Waals surface area contributed by atoms with Crippen LogP contribution in [0, 0.1) is 29.6 Å². The smallest absolute Gasteiger partial charge is 0.408 e. The van der Waals surface area contributed by atoms with E-state index in [2.05, 4.69) is 73.7 Å². The number of fused-ring (bicyclic) bond motifs is 6. The maximum Gasteiger partial charge on any atom is 0.408 e. The van der Waals surface area contributed by atoms with Crippen LogP contribution < -0.4 is 25.8 Å². The fourth-order valence-electron chi connectivity index (χ4n) is 7.48. The summed E-state index contributed by atoms with van der Waals surface area (Å²) in [6, 6.07) is 26.1. The molecule has 66 heavy (non-hydrogen) atoms. The number of nitrogens with one attached hydrogen (secondary N) is 3. The van der Waals surface area contributed by atoms with Crippen LogP contribution in [0.3, 0.4) is 0 Å². The van der Waals surface area contributed by atoms with Gasteiger partial charge in [-0.05, 0) is 104 Å². The minimum atomic E-state index is -1.04. The Hall–Kier alpha value is -7.45. The molecule has 0 unspecified atom stereocenters. The third-order valence-electron chi connectivity index (χ3n) is 10.7. The normalized spacial score (nSPS) is 13.7. The molecule has 3 amide bonds. The monoisotopic (exact) mass is 895 g/mol. The summed E-state index contributed by atoms with van der Waals surface area (Å²) in [4.78, 5) is 68.5. The lowest BCUT2D eigenvalue weighted by molar-refractivity contribution is -0.146. The minimum Gasteiger partial charge on any atom is -0.467 e. The molecule has 3 atom stereocenters. The highest BCUT2D eigenvalue weighted by molar-refractivity contribution is 5.90. The van der Waals surface area contributed by atoms with E-state index in [1.54, 1.807) is 41.5 Å². The second kappa shape index (κ2) is 22.0. The number of esters is 2. The van der Waals surface area contributed by atoms with Crippen LogP contribution in [0.4, 0.5) is 21.0 Å². The van der Waals surface area contributed by atoms with Gasteiger partial charge in [-0.3, -0.25) is 4.79 Å². The summed E-state index contributed by atoms with van der Waals surface area (Å²) in [5.74, 6) is 10.8. The molecule has 0 saturated heterocycles. The van der Waals surface area contributed by atoms with Gasteiger partial charge in [-0.2, -0.15) is 0 Å². The molecular formula is C52H57N5O9. The van der Waals surface area contributed by atoms with Crippen LogP contribution >= 0.6 is 0 Å². The number of alkyl carbamates (subject to hydrolysis) is 2. The van der Waals surface area contributed by atoms with Crippen LogP contribution in [-0.2, 0) is 59.4 Å². The van der Waals surface area contributed by atoms with Gasteiger partial charge in [0.05, 0.1) is 20.4 Å². The van der Waals surface area contributed by atoms with Crippen molar-refractivity contribution in [1.29, 1.82) is 0 Å². The van der Waals surface area contributed by atoms with Crippen LogP contribution in [-0.4, -0.2) is 74.1 Å². The summed E-state index contributed by atoms with van der Waals surface area (Å²) >= 11 is 0. The number of carbonyl (C=O) groups excluding carboxylic acids is 5. The van der Waals surface area contributed by atoms with E-state index in [-0.39, 0.29) is 32.0 Å². The summed E-state index contributed by atoms with van der Waals surface area (Å²) in [6.07, 6.45) is -1.28. The Kier molecular flexibility index (Phi) is 16.0. The first-order chi connectivity index (χ1) is 31.6. The molecule has 0 radical (unpaired) electrons. The van der Waals surface area contributed by atoms with Crippen molar-refractivity contribution in [2.45, 2.75) is 97.8 Å². The molecule has 2 aliphatic rings. The van der Waals surface area contributed by atoms with Crippen molar-refractivity contribution in [3.05, 3.63) is 130 Å². The van der Waals surface area contributed by atoms with E-state index in [1.165, 1.54) is 7.11 Å². The zero-order valence-corrected chi connectivity index (χ0v) is 38.5. The minimum absolute atomic E-state index is 0.0287. The van der Waals surface area contributed by atoms with E-state index in [0.29, 0.717) is 13.1 Å². The Morgan fingerprint density at radius 3 is 1.86 bits per heavy atom. The number of carbonyl (C=O) groups is 5. The topological polar surface area (TPSA) is 165 Å². The van der Waals surface area contributed by atoms with Crippen molar-refractivity contribution >= 4 is 41.4 Å². The Bertz CT molecular complexity index is 2530. The van der Waals surface area contributed by atoms with Crippen molar-refractivity contribution in [3.63, 3.8) is 0 Å². The molecule has 6 rings (SSSR count). The summed E-state index contributed by atoms with van der Waals surface area (Å²) in [5, 5.41) is 8.01. The lowest BCUT2D eigenvalue weighted by atomic mass is 9.98. The van der Waals surface area contributed by atoms with Crippen molar-refractivity contribution in [1.82, 2.24) is 16.0 Å². The average Bonchev–Trinajstić information content (AvgIpc) is 3.28. The molecule has 0 aliphatic carbocycles. The first-order valence-electron chi connectivity index (χ1n) is 22.0. The van der Waals surface area contributed by atoms with Gasteiger partial charge < -0.3 is 44.7 Å². The number of benzene rings is 4. The quantitative estimate of drug-likeness (QED) is 0.0741. The van der Waals surface area contributed by atoms with Crippen LogP contribution in [0.2, 0.25) is 0 Å². The molecule has 0 aromatic heterocycles. The standard InChI is InChI=1S/C52H57N5O9/c1-8-64-48(59)42(53-51(62)66-52(4,5)6)16-12-15-36-23-25-44-40(27-36)30-56-33-57(44)31-41-28-37(24-26-45(41)56)20-17-35-18-21-38(22-19-35)29-43(47(58)55-46(34(2)3)49(60)63-7)54-50(61)65-32-39-13-10-9-11-14-39/h9-11,13-14,18-19,21-28,34,42-43,46H,8,16,29-33H2,1-7H3,(H,53,62)(H,54,61)(H,55,58)/t42-,43-,46-/m0/s1. The lowest BCUT2D eigenvalue weighted by Gasteiger charge is -2.44. The van der Waals surface area contributed by atoms with Crippen molar-refractivity contribution in [3.8, 4) is 23.7 Å². The van der Waals surface area contributed by atoms with Gasteiger partial charge in [0.1, 0.15) is 30.3 Å². The number of nitrogens with zero attached hydrogens (tertiary/aromatic N) is 2. The zero-order valence-electron chi connectivity index (χ0n) is 38.5. The van der Waals surface area contributed by atoms with Crippen LogP contribution in [0.25, 0.3) is 0 Å². The molecule has 14 heteroatoms. The fraction of sp³-hybridized carbons (Fsp3) is 0.365. The molecule has 344 valence electrons. The second-order valence-corrected chi connectivity index (χ2v) is 17.3. The van der Waals surface area contributed by atoms with Crippen molar-refractivity contribution < 1.29 is 42.9 Å². The molecular weight excluding hydrogens is 839 g/mol. The second-order valence-electron chi connectivity index (χ2n) is 17.3. The molecule has 2 bridgehead atoms. The van der Waals surface area contributed by atoms with Gasteiger partial charge >= 0.3 is 24.1 Å². The third kappa shape index (κ3) is 13.3.